The van der Waals surface area contributed by atoms with E-state index in [-0.39, 0.29) is 76.7 Å². The van der Waals surface area contributed by atoms with E-state index in [0.29, 0.717) is 6.42 Å². The SMILES string of the molecule is CCCCCCCC(C(=O)O)(C(=O)O)C(C)(C)C.[KH].[LiH]. The number of aliphatic carboxylic acids is 2. The van der Waals surface area contributed by atoms with Crippen molar-refractivity contribution in [3.63, 3.8) is 0 Å². The van der Waals surface area contributed by atoms with Crippen molar-refractivity contribution in [2.45, 2.75) is 66.2 Å². The molecule has 0 unspecified atom stereocenters. The Morgan fingerprint density at radius 2 is 1.30 bits per heavy atom. The number of carboxylic acids is 2. The van der Waals surface area contributed by atoms with E-state index in [1.807, 2.05) is 0 Å². The fraction of sp³-hybridized carbons (Fsp3) is 0.857. The summed E-state index contributed by atoms with van der Waals surface area (Å²) in [5.74, 6) is -2.45. The molecule has 0 atom stereocenters. The number of hydrogen-bond acceptors (Lipinski definition) is 2. The minimum atomic E-state index is -1.68. The summed E-state index contributed by atoms with van der Waals surface area (Å²) in [6.07, 6.45) is 5.01. The van der Waals surface area contributed by atoms with E-state index >= 15 is 0 Å². The van der Waals surface area contributed by atoms with E-state index in [4.69, 9.17) is 0 Å². The van der Waals surface area contributed by atoms with Gasteiger partial charge >= 0.3 is 82.2 Å². The number of unbranched alkanes of at least 4 members (excludes halogenated alkanes) is 4. The van der Waals surface area contributed by atoms with Crippen LogP contribution in [0.1, 0.15) is 66.2 Å². The van der Waals surface area contributed by atoms with Gasteiger partial charge in [0.15, 0.2) is 5.41 Å². The zero-order chi connectivity index (χ0) is 14.4. The van der Waals surface area contributed by atoms with Gasteiger partial charge in [-0.1, -0.05) is 59.8 Å². The molecule has 0 aromatic rings. The number of rotatable bonds is 8. The Hall–Kier alpha value is 1.17. The summed E-state index contributed by atoms with van der Waals surface area (Å²) < 4.78 is 0. The number of carboxylic acid groups (broad SMARTS) is 2. The maximum atomic E-state index is 11.4. The fourth-order valence-electron chi connectivity index (χ4n) is 2.32. The van der Waals surface area contributed by atoms with Crippen LogP contribution in [0.4, 0.5) is 0 Å². The molecule has 0 radical (unpaired) electrons. The monoisotopic (exact) mass is 306 g/mol. The number of hydrogen-bond donors (Lipinski definition) is 2. The summed E-state index contributed by atoms with van der Waals surface area (Å²) in [4.78, 5) is 22.9. The molecule has 0 saturated heterocycles. The van der Waals surface area contributed by atoms with Gasteiger partial charge in [0.25, 0.3) is 0 Å². The molecule has 6 heteroatoms. The first kappa shape index (κ1) is 26.1. The first-order chi connectivity index (χ1) is 8.20. The Morgan fingerprint density at radius 3 is 1.60 bits per heavy atom. The zero-order valence-corrected chi connectivity index (χ0v) is 12.0. The molecule has 2 N–H and O–H groups in total. The standard InChI is InChI=1S/C14H26O4.K.Li.2H/c1-5-6-7-8-9-10-14(11(15)16,12(17)18)13(2,3)4;;;;/h5-10H2,1-4H3,(H,15,16)(H,17,18);;;;. The fourth-order valence-corrected chi connectivity index (χ4v) is 2.32. The van der Waals surface area contributed by atoms with Crippen LogP contribution >= 0.6 is 0 Å². The van der Waals surface area contributed by atoms with E-state index in [9.17, 15) is 19.8 Å². The molecule has 0 aliphatic carbocycles. The Bertz CT molecular complexity index is 286. The second-order valence-electron chi connectivity index (χ2n) is 5.93. The molecule has 0 bridgehead atoms. The molecule has 0 aliphatic rings. The molecular weight excluding hydrogens is 278 g/mol. The van der Waals surface area contributed by atoms with Gasteiger partial charge in [-0.2, -0.15) is 0 Å². The summed E-state index contributed by atoms with van der Waals surface area (Å²) in [5.41, 5.74) is -2.48. The first-order valence-corrected chi connectivity index (χ1v) is 6.67. The molecular formula is C14H28KLiO4. The zero-order valence-electron chi connectivity index (χ0n) is 12.0. The topological polar surface area (TPSA) is 74.6 Å². The average molecular weight is 306 g/mol. The van der Waals surface area contributed by atoms with E-state index < -0.39 is 22.8 Å². The molecule has 0 saturated carbocycles. The van der Waals surface area contributed by atoms with Crippen molar-refractivity contribution in [2.24, 2.45) is 10.8 Å². The Morgan fingerprint density at radius 1 is 0.900 bits per heavy atom. The van der Waals surface area contributed by atoms with Crippen molar-refractivity contribution >= 4 is 82.2 Å². The van der Waals surface area contributed by atoms with E-state index in [0.717, 1.165) is 25.7 Å². The third-order valence-electron chi connectivity index (χ3n) is 3.67. The van der Waals surface area contributed by atoms with Crippen LogP contribution in [0.3, 0.4) is 0 Å². The summed E-state index contributed by atoms with van der Waals surface area (Å²) in [6.45, 7) is 7.15. The molecule has 0 rings (SSSR count). The van der Waals surface area contributed by atoms with Crippen LogP contribution in [0.15, 0.2) is 0 Å². The molecule has 0 aromatic heterocycles. The predicted octanol–water partition coefficient (Wildman–Crippen LogP) is 2.25. The van der Waals surface area contributed by atoms with Crippen molar-refractivity contribution in [3.05, 3.63) is 0 Å². The van der Waals surface area contributed by atoms with E-state index in [2.05, 4.69) is 6.92 Å². The third kappa shape index (κ3) is 6.96. The molecule has 0 aromatic carbocycles. The molecule has 0 spiro atoms. The van der Waals surface area contributed by atoms with Crippen LogP contribution in [0, 0.1) is 10.8 Å². The van der Waals surface area contributed by atoms with Crippen molar-refractivity contribution in [1.82, 2.24) is 0 Å². The molecule has 110 valence electrons. The molecule has 0 amide bonds. The van der Waals surface area contributed by atoms with Crippen LogP contribution in [-0.4, -0.2) is 92.4 Å². The van der Waals surface area contributed by atoms with Crippen LogP contribution < -0.4 is 0 Å². The summed E-state index contributed by atoms with van der Waals surface area (Å²) in [6, 6.07) is 0. The molecule has 0 aliphatic heterocycles. The van der Waals surface area contributed by atoms with Crippen LogP contribution in [0.5, 0.6) is 0 Å². The van der Waals surface area contributed by atoms with Gasteiger partial charge in [0.05, 0.1) is 0 Å². The molecule has 4 nitrogen and oxygen atoms in total. The Balaban J connectivity index is -0.00000144. The molecule has 0 heterocycles. The van der Waals surface area contributed by atoms with Crippen molar-refractivity contribution < 1.29 is 19.8 Å². The van der Waals surface area contributed by atoms with Gasteiger partial charge in [-0.05, 0) is 11.8 Å². The molecule has 0 fully saturated rings. The van der Waals surface area contributed by atoms with Crippen LogP contribution in [0.2, 0.25) is 0 Å². The van der Waals surface area contributed by atoms with Crippen molar-refractivity contribution in [1.29, 1.82) is 0 Å². The van der Waals surface area contributed by atoms with E-state index in [1.165, 1.54) is 0 Å². The van der Waals surface area contributed by atoms with Gasteiger partial charge in [-0.3, -0.25) is 9.59 Å². The van der Waals surface area contributed by atoms with Crippen molar-refractivity contribution in [3.8, 4) is 0 Å². The minimum absolute atomic E-state index is 0. The second kappa shape index (κ2) is 11.7. The number of carbonyl (C=O) groups is 2. The third-order valence-corrected chi connectivity index (χ3v) is 3.67. The summed E-state index contributed by atoms with van der Waals surface area (Å²) in [7, 11) is 0. The van der Waals surface area contributed by atoms with Crippen LogP contribution in [0.25, 0.3) is 0 Å². The average Bonchev–Trinajstić information content (AvgIpc) is 2.20. The predicted molar refractivity (Wildman–Crippen MR) is 84.8 cm³/mol. The Kier molecular flexibility index (Phi) is 15.3. The van der Waals surface area contributed by atoms with Gasteiger partial charge in [0, 0.05) is 0 Å². The van der Waals surface area contributed by atoms with Gasteiger partial charge in [-0.25, -0.2) is 0 Å². The van der Waals surface area contributed by atoms with Gasteiger partial charge in [0.1, 0.15) is 0 Å². The quantitative estimate of drug-likeness (QED) is 0.410. The maximum absolute atomic E-state index is 11.4. The first-order valence-electron chi connectivity index (χ1n) is 6.67. The van der Waals surface area contributed by atoms with Gasteiger partial charge in [-0.15, -0.1) is 0 Å². The summed E-state index contributed by atoms with van der Waals surface area (Å²) in [5, 5.41) is 18.7. The summed E-state index contributed by atoms with van der Waals surface area (Å²) >= 11 is 0. The van der Waals surface area contributed by atoms with Crippen LogP contribution in [-0.2, 0) is 9.59 Å². The van der Waals surface area contributed by atoms with E-state index in [1.54, 1.807) is 20.8 Å². The second-order valence-corrected chi connectivity index (χ2v) is 5.93. The normalized spacial score (nSPS) is 11.2. The van der Waals surface area contributed by atoms with Crippen molar-refractivity contribution in [2.75, 3.05) is 0 Å². The Labute approximate surface area is 177 Å². The van der Waals surface area contributed by atoms with Gasteiger partial charge < -0.3 is 10.2 Å². The van der Waals surface area contributed by atoms with Gasteiger partial charge in [0.2, 0.25) is 0 Å². The molecule has 20 heavy (non-hydrogen) atoms.